The number of hydrogen-bond donors (Lipinski definition) is 1. The van der Waals surface area contributed by atoms with Crippen LogP contribution in [0, 0.1) is 0 Å². The van der Waals surface area contributed by atoms with Crippen molar-refractivity contribution in [1.29, 1.82) is 0 Å². The molecular formula is C27H42N4O4S. The van der Waals surface area contributed by atoms with Gasteiger partial charge in [-0.15, -0.1) is 0 Å². The molecule has 0 saturated carbocycles. The summed E-state index contributed by atoms with van der Waals surface area (Å²) in [7, 11) is 0. The van der Waals surface area contributed by atoms with Gasteiger partial charge in [0.25, 0.3) is 0 Å². The molecule has 3 rings (SSSR count). The highest BCUT2D eigenvalue weighted by Crippen LogP contribution is 2.20. The fourth-order valence-corrected chi connectivity index (χ4v) is 4.66. The minimum atomic E-state index is -0.479. The molecule has 0 bridgehead atoms. The molecule has 200 valence electrons. The fourth-order valence-electron chi connectivity index (χ4n) is 4.36. The number of likely N-dealkylation sites (tertiary alicyclic amines) is 1. The van der Waals surface area contributed by atoms with Crippen LogP contribution in [0.25, 0.3) is 0 Å². The molecule has 0 spiro atoms. The Balaban J connectivity index is 1.42. The maximum absolute atomic E-state index is 12.3. The Hall–Kier alpha value is -2.39. The summed E-state index contributed by atoms with van der Waals surface area (Å²) in [5.74, 6) is -0.171. The molecule has 2 aliphatic rings. The number of hydrogen-bond acceptors (Lipinski definition) is 7. The van der Waals surface area contributed by atoms with Crippen LogP contribution in [-0.4, -0.2) is 89.9 Å². The first-order valence-electron chi connectivity index (χ1n) is 12.9. The van der Waals surface area contributed by atoms with Crippen LogP contribution in [0.4, 0.5) is 10.5 Å². The number of thiocarbonyl (C=S) groups is 1. The van der Waals surface area contributed by atoms with Crippen LogP contribution in [-0.2, 0) is 14.3 Å². The highest BCUT2D eigenvalue weighted by atomic mass is 32.1. The quantitative estimate of drug-likeness (QED) is 0.466. The van der Waals surface area contributed by atoms with Gasteiger partial charge < -0.3 is 24.6 Å². The number of nitrogens with zero attached hydrogens (tertiary/aromatic N) is 3. The van der Waals surface area contributed by atoms with Crippen LogP contribution in [0.2, 0.25) is 0 Å². The number of anilines is 1. The zero-order valence-electron chi connectivity index (χ0n) is 22.6. The second-order valence-corrected chi connectivity index (χ2v) is 12.0. The van der Waals surface area contributed by atoms with Crippen molar-refractivity contribution in [1.82, 2.24) is 15.1 Å². The number of piperidine rings is 1. The number of ether oxygens (including phenoxy) is 2. The molecular weight excluding hydrogens is 476 g/mol. The van der Waals surface area contributed by atoms with Crippen molar-refractivity contribution in [3.8, 4) is 0 Å². The van der Waals surface area contributed by atoms with Crippen LogP contribution in [0.3, 0.4) is 0 Å². The van der Waals surface area contributed by atoms with E-state index < -0.39 is 11.2 Å². The number of piperazine rings is 1. The van der Waals surface area contributed by atoms with E-state index >= 15 is 0 Å². The van der Waals surface area contributed by atoms with Crippen molar-refractivity contribution in [2.45, 2.75) is 71.6 Å². The lowest BCUT2D eigenvalue weighted by molar-refractivity contribution is -0.156. The number of carbonyl (C=O) groups excluding carboxylic acids is 2. The molecule has 1 N–H and O–H groups in total. The number of carbonyl (C=O) groups is 2. The van der Waals surface area contributed by atoms with Gasteiger partial charge in [0, 0.05) is 56.6 Å². The maximum atomic E-state index is 12.3. The third-order valence-corrected chi connectivity index (χ3v) is 6.48. The Morgan fingerprint density at radius 3 is 1.97 bits per heavy atom. The summed E-state index contributed by atoms with van der Waals surface area (Å²) in [5, 5.41) is 3.50. The van der Waals surface area contributed by atoms with Gasteiger partial charge in [-0.2, -0.15) is 0 Å². The van der Waals surface area contributed by atoms with E-state index in [1.54, 1.807) is 4.90 Å². The Morgan fingerprint density at radius 2 is 1.44 bits per heavy atom. The monoisotopic (exact) mass is 518 g/mol. The zero-order chi connectivity index (χ0) is 26.5. The molecule has 8 nitrogen and oxygen atoms in total. The zero-order valence-corrected chi connectivity index (χ0v) is 23.5. The number of rotatable bonds is 5. The van der Waals surface area contributed by atoms with Crippen molar-refractivity contribution in [3.05, 3.63) is 29.8 Å². The summed E-state index contributed by atoms with van der Waals surface area (Å²) < 4.78 is 10.9. The Morgan fingerprint density at radius 1 is 0.889 bits per heavy atom. The average molecular weight is 519 g/mol. The second kappa shape index (κ2) is 11.8. The van der Waals surface area contributed by atoms with E-state index in [-0.39, 0.29) is 12.1 Å². The summed E-state index contributed by atoms with van der Waals surface area (Å²) in [6.45, 7) is 16.2. The van der Waals surface area contributed by atoms with Crippen LogP contribution < -0.4 is 10.2 Å². The van der Waals surface area contributed by atoms with Gasteiger partial charge in [0.1, 0.15) is 16.2 Å². The minimum absolute atomic E-state index is 0.171. The van der Waals surface area contributed by atoms with E-state index in [1.807, 2.05) is 41.5 Å². The molecule has 36 heavy (non-hydrogen) atoms. The van der Waals surface area contributed by atoms with E-state index in [9.17, 15) is 9.59 Å². The molecule has 2 heterocycles. The maximum Gasteiger partial charge on any atom is 0.410 e. The van der Waals surface area contributed by atoms with Crippen LogP contribution in [0.1, 0.15) is 59.9 Å². The van der Waals surface area contributed by atoms with Gasteiger partial charge in [-0.3, -0.25) is 9.69 Å². The van der Waals surface area contributed by atoms with Gasteiger partial charge in [0.05, 0.1) is 6.54 Å². The fraction of sp³-hybridized carbons (Fsp3) is 0.667. The molecule has 1 amide bonds. The summed E-state index contributed by atoms with van der Waals surface area (Å²) >= 11 is 5.68. The van der Waals surface area contributed by atoms with Crippen LogP contribution >= 0.6 is 12.2 Å². The van der Waals surface area contributed by atoms with Crippen molar-refractivity contribution in [2.75, 3.05) is 50.7 Å². The summed E-state index contributed by atoms with van der Waals surface area (Å²) in [6.07, 6.45) is 1.62. The first kappa shape index (κ1) is 28.2. The molecule has 2 fully saturated rings. The Labute approximate surface area is 221 Å². The van der Waals surface area contributed by atoms with Gasteiger partial charge in [-0.25, -0.2) is 4.79 Å². The van der Waals surface area contributed by atoms with Gasteiger partial charge in [-0.1, -0.05) is 12.2 Å². The lowest BCUT2D eigenvalue weighted by Crippen LogP contribution is -2.50. The van der Waals surface area contributed by atoms with Crippen molar-refractivity contribution in [2.24, 2.45) is 0 Å². The molecule has 0 unspecified atom stereocenters. The van der Waals surface area contributed by atoms with E-state index in [2.05, 4.69) is 39.4 Å². The highest BCUT2D eigenvalue weighted by Gasteiger charge is 2.27. The predicted octanol–water partition coefficient (Wildman–Crippen LogP) is 3.81. The molecule has 2 saturated heterocycles. The molecule has 1 aromatic rings. The van der Waals surface area contributed by atoms with Crippen molar-refractivity contribution < 1.29 is 19.1 Å². The smallest absolute Gasteiger partial charge is 0.410 e. The molecule has 0 aromatic heterocycles. The van der Waals surface area contributed by atoms with Gasteiger partial charge in [-0.05, 0) is 78.6 Å². The molecule has 1 aromatic carbocycles. The predicted molar refractivity (Wildman–Crippen MR) is 147 cm³/mol. The lowest BCUT2D eigenvalue weighted by atomic mass is 10.0. The normalized spacial score (nSPS) is 18.1. The van der Waals surface area contributed by atoms with Crippen molar-refractivity contribution >= 4 is 35.0 Å². The second-order valence-electron chi connectivity index (χ2n) is 11.6. The summed E-state index contributed by atoms with van der Waals surface area (Å²) in [4.78, 5) is 31.3. The number of benzene rings is 1. The third kappa shape index (κ3) is 8.92. The largest absolute Gasteiger partial charge is 0.459 e. The third-order valence-electron chi connectivity index (χ3n) is 6.12. The van der Waals surface area contributed by atoms with Crippen molar-refractivity contribution in [3.63, 3.8) is 0 Å². The number of amides is 1. The van der Waals surface area contributed by atoms with Gasteiger partial charge in [0.15, 0.2) is 0 Å². The van der Waals surface area contributed by atoms with E-state index in [0.717, 1.165) is 55.3 Å². The standard InChI is InChI=1S/C27H42N4O4S/c1-26(2,3)34-23(32)19-29-13-11-21(12-14-29)28-24(36)20-7-9-22(10-8-20)30-15-17-31(18-16-30)25(33)35-27(4,5)6/h7-10,21H,11-19H2,1-6H3,(H,28,36). The molecule has 0 radical (unpaired) electrons. The number of nitrogens with one attached hydrogen (secondary N) is 1. The SMILES string of the molecule is CC(C)(C)OC(=O)CN1CCC(NC(=S)c2ccc(N3CCN(C(=O)OC(C)(C)C)CC3)cc2)CC1. The van der Waals surface area contributed by atoms with Gasteiger partial charge >= 0.3 is 12.1 Å². The van der Waals surface area contributed by atoms with Crippen LogP contribution in [0.15, 0.2) is 24.3 Å². The Bertz CT molecular complexity index is 907. The lowest BCUT2D eigenvalue weighted by Gasteiger charge is -2.36. The molecule has 9 heteroatoms. The topological polar surface area (TPSA) is 74.4 Å². The van der Waals surface area contributed by atoms with E-state index in [4.69, 9.17) is 21.7 Å². The molecule has 0 atom stereocenters. The first-order chi connectivity index (χ1) is 16.8. The number of esters is 1. The Kier molecular flexibility index (Phi) is 9.22. The van der Waals surface area contributed by atoms with Crippen LogP contribution in [0.5, 0.6) is 0 Å². The summed E-state index contributed by atoms with van der Waals surface area (Å²) in [6, 6.07) is 8.60. The molecule has 0 aliphatic carbocycles. The minimum Gasteiger partial charge on any atom is -0.459 e. The summed E-state index contributed by atoms with van der Waals surface area (Å²) in [5.41, 5.74) is 1.19. The van der Waals surface area contributed by atoms with E-state index in [0.29, 0.717) is 25.7 Å². The van der Waals surface area contributed by atoms with E-state index in [1.165, 1.54) is 0 Å². The van der Waals surface area contributed by atoms with Gasteiger partial charge in [0.2, 0.25) is 0 Å². The average Bonchev–Trinajstić information content (AvgIpc) is 2.78. The first-order valence-corrected chi connectivity index (χ1v) is 13.3. The highest BCUT2D eigenvalue weighted by molar-refractivity contribution is 7.80. The molecule has 2 aliphatic heterocycles.